The van der Waals surface area contributed by atoms with Gasteiger partial charge in [-0.05, 0) is 18.6 Å². The summed E-state index contributed by atoms with van der Waals surface area (Å²) in [7, 11) is 5.00. The number of hydrogen-bond acceptors (Lipinski definition) is 3. The van der Waals surface area contributed by atoms with E-state index in [0.29, 0.717) is 17.1 Å². The highest BCUT2D eigenvalue weighted by molar-refractivity contribution is 5.97. The van der Waals surface area contributed by atoms with Crippen molar-refractivity contribution in [2.75, 3.05) is 27.8 Å². The number of methoxy groups -OCH3 is 2. The molecule has 0 radical (unpaired) electrons. The van der Waals surface area contributed by atoms with Crippen molar-refractivity contribution in [2.24, 2.45) is 0 Å². The molecule has 2 rings (SSSR count). The average molecular weight is 221 g/mol. The van der Waals surface area contributed by atoms with Crippen molar-refractivity contribution in [3.8, 4) is 11.5 Å². The van der Waals surface area contributed by atoms with E-state index in [0.717, 1.165) is 18.5 Å². The van der Waals surface area contributed by atoms with Gasteiger partial charge in [0.1, 0.15) is 0 Å². The molecule has 0 atom stereocenters. The third-order valence-electron chi connectivity index (χ3n) is 2.92. The van der Waals surface area contributed by atoms with Gasteiger partial charge in [-0.3, -0.25) is 4.79 Å². The summed E-state index contributed by atoms with van der Waals surface area (Å²) in [4.78, 5) is 13.6. The van der Waals surface area contributed by atoms with Crippen LogP contribution in [0.15, 0.2) is 12.1 Å². The van der Waals surface area contributed by atoms with Gasteiger partial charge >= 0.3 is 0 Å². The molecule has 1 aliphatic rings. The van der Waals surface area contributed by atoms with Crippen LogP contribution in [0, 0.1) is 0 Å². The predicted molar refractivity (Wildman–Crippen MR) is 60.2 cm³/mol. The molecular formula is C12H15NO3. The minimum Gasteiger partial charge on any atom is -0.493 e. The first-order chi connectivity index (χ1) is 7.69. The second-order valence-corrected chi connectivity index (χ2v) is 3.80. The number of fused-ring (bicyclic) bond motifs is 1. The van der Waals surface area contributed by atoms with E-state index < -0.39 is 0 Å². The van der Waals surface area contributed by atoms with E-state index >= 15 is 0 Å². The van der Waals surface area contributed by atoms with Crippen molar-refractivity contribution >= 4 is 5.91 Å². The molecule has 1 aromatic rings. The lowest BCUT2D eigenvalue weighted by atomic mass is 9.98. The highest BCUT2D eigenvalue weighted by Gasteiger charge is 2.26. The summed E-state index contributed by atoms with van der Waals surface area (Å²) >= 11 is 0. The Bertz CT molecular complexity index is 429. The summed E-state index contributed by atoms with van der Waals surface area (Å²) in [6, 6.07) is 3.57. The van der Waals surface area contributed by atoms with Gasteiger partial charge in [-0.2, -0.15) is 0 Å². The summed E-state index contributed by atoms with van der Waals surface area (Å²) in [5.41, 5.74) is 1.66. The van der Waals surface area contributed by atoms with E-state index in [-0.39, 0.29) is 5.91 Å². The van der Waals surface area contributed by atoms with Crippen LogP contribution in [0.4, 0.5) is 0 Å². The third kappa shape index (κ3) is 1.50. The first kappa shape index (κ1) is 10.8. The molecule has 0 unspecified atom stereocenters. The largest absolute Gasteiger partial charge is 0.493 e. The van der Waals surface area contributed by atoms with Gasteiger partial charge in [0.2, 0.25) is 0 Å². The molecule has 86 valence electrons. The summed E-state index contributed by atoms with van der Waals surface area (Å²) in [5, 5.41) is 0. The fraction of sp³-hybridized carbons (Fsp3) is 0.417. The number of amides is 1. The van der Waals surface area contributed by atoms with Crippen LogP contribution in [0.2, 0.25) is 0 Å². The lowest BCUT2D eigenvalue weighted by Gasteiger charge is -2.26. The van der Waals surface area contributed by atoms with Gasteiger partial charge < -0.3 is 14.4 Å². The fourth-order valence-electron chi connectivity index (χ4n) is 2.03. The second-order valence-electron chi connectivity index (χ2n) is 3.80. The standard InChI is InChI=1S/C12H15NO3/c1-13-7-6-8-9(12(13)14)4-5-10(15-2)11(8)16-3/h4-5H,6-7H2,1-3H3. The Morgan fingerprint density at radius 2 is 2.00 bits per heavy atom. The van der Waals surface area contributed by atoms with Crippen LogP contribution in [0.3, 0.4) is 0 Å². The number of ether oxygens (including phenoxy) is 2. The van der Waals surface area contributed by atoms with Crippen molar-refractivity contribution in [2.45, 2.75) is 6.42 Å². The van der Waals surface area contributed by atoms with E-state index in [1.165, 1.54) is 0 Å². The van der Waals surface area contributed by atoms with E-state index in [4.69, 9.17) is 9.47 Å². The van der Waals surface area contributed by atoms with Crippen LogP contribution >= 0.6 is 0 Å². The summed E-state index contributed by atoms with van der Waals surface area (Å²) in [6.07, 6.45) is 0.804. The van der Waals surface area contributed by atoms with Crippen molar-refractivity contribution in [3.05, 3.63) is 23.3 Å². The van der Waals surface area contributed by atoms with E-state index in [1.54, 1.807) is 31.3 Å². The predicted octanol–water partition coefficient (Wildman–Crippen LogP) is 1.33. The van der Waals surface area contributed by atoms with Gasteiger partial charge in [0, 0.05) is 24.7 Å². The zero-order chi connectivity index (χ0) is 11.7. The molecule has 1 aliphatic heterocycles. The fourth-order valence-corrected chi connectivity index (χ4v) is 2.03. The Morgan fingerprint density at radius 3 is 2.62 bits per heavy atom. The molecule has 0 aromatic heterocycles. The Balaban J connectivity index is 2.57. The molecule has 16 heavy (non-hydrogen) atoms. The van der Waals surface area contributed by atoms with Crippen LogP contribution in [-0.4, -0.2) is 38.6 Å². The van der Waals surface area contributed by atoms with Gasteiger partial charge in [0.15, 0.2) is 11.5 Å². The highest BCUT2D eigenvalue weighted by Crippen LogP contribution is 2.35. The van der Waals surface area contributed by atoms with Crippen LogP contribution in [-0.2, 0) is 6.42 Å². The SMILES string of the molecule is COc1ccc2c(c1OC)CCN(C)C2=O. The molecule has 0 bridgehead atoms. The highest BCUT2D eigenvalue weighted by atomic mass is 16.5. The maximum absolute atomic E-state index is 11.9. The van der Waals surface area contributed by atoms with E-state index in [9.17, 15) is 4.79 Å². The van der Waals surface area contributed by atoms with Gasteiger partial charge in [-0.15, -0.1) is 0 Å². The first-order valence-electron chi connectivity index (χ1n) is 5.18. The minimum atomic E-state index is 0.0437. The number of carbonyl (C=O) groups is 1. The molecule has 0 spiro atoms. The Morgan fingerprint density at radius 1 is 1.25 bits per heavy atom. The average Bonchev–Trinajstić information content (AvgIpc) is 2.32. The smallest absolute Gasteiger partial charge is 0.254 e. The minimum absolute atomic E-state index is 0.0437. The zero-order valence-electron chi connectivity index (χ0n) is 9.74. The molecule has 0 saturated heterocycles. The maximum Gasteiger partial charge on any atom is 0.254 e. The lowest BCUT2D eigenvalue weighted by molar-refractivity contribution is 0.0779. The van der Waals surface area contributed by atoms with E-state index in [2.05, 4.69) is 0 Å². The molecule has 0 aliphatic carbocycles. The number of rotatable bonds is 2. The molecule has 0 fully saturated rings. The van der Waals surface area contributed by atoms with Gasteiger partial charge in [-0.25, -0.2) is 0 Å². The summed E-state index contributed by atoms with van der Waals surface area (Å²) < 4.78 is 10.5. The maximum atomic E-state index is 11.9. The summed E-state index contributed by atoms with van der Waals surface area (Å²) in [5.74, 6) is 1.40. The number of likely N-dealkylation sites (N-methyl/N-ethyl adjacent to an activating group) is 1. The topological polar surface area (TPSA) is 38.8 Å². The Hall–Kier alpha value is -1.71. The Labute approximate surface area is 94.8 Å². The zero-order valence-corrected chi connectivity index (χ0v) is 9.74. The molecule has 0 saturated carbocycles. The normalized spacial score (nSPS) is 14.7. The lowest BCUT2D eigenvalue weighted by Crippen LogP contribution is -2.34. The van der Waals surface area contributed by atoms with Crippen molar-refractivity contribution in [1.29, 1.82) is 0 Å². The molecule has 0 N–H and O–H groups in total. The van der Waals surface area contributed by atoms with Gasteiger partial charge in [0.25, 0.3) is 5.91 Å². The first-order valence-corrected chi connectivity index (χ1v) is 5.18. The van der Waals surface area contributed by atoms with Crippen LogP contribution in [0.1, 0.15) is 15.9 Å². The van der Waals surface area contributed by atoms with Crippen LogP contribution in [0.5, 0.6) is 11.5 Å². The van der Waals surface area contributed by atoms with E-state index in [1.807, 2.05) is 7.05 Å². The number of benzene rings is 1. The quantitative estimate of drug-likeness (QED) is 0.756. The van der Waals surface area contributed by atoms with Gasteiger partial charge in [0.05, 0.1) is 14.2 Å². The third-order valence-corrected chi connectivity index (χ3v) is 2.92. The number of hydrogen-bond donors (Lipinski definition) is 0. The molecule has 1 aromatic carbocycles. The van der Waals surface area contributed by atoms with Crippen molar-refractivity contribution < 1.29 is 14.3 Å². The van der Waals surface area contributed by atoms with Crippen molar-refractivity contribution in [1.82, 2.24) is 4.90 Å². The summed E-state index contributed by atoms with van der Waals surface area (Å²) in [6.45, 7) is 0.718. The molecule has 1 heterocycles. The van der Waals surface area contributed by atoms with Gasteiger partial charge in [-0.1, -0.05) is 0 Å². The number of nitrogens with zero attached hydrogens (tertiary/aromatic N) is 1. The molecule has 4 heteroatoms. The molecule has 4 nitrogen and oxygen atoms in total. The van der Waals surface area contributed by atoms with Crippen LogP contribution < -0.4 is 9.47 Å². The Kier molecular flexibility index (Phi) is 2.73. The van der Waals surface area contributed by atoms with Crippen molar-refractivity contribution in [3.63, 3.8) is 0 Å². The second kappa shape index (κ2) is 4.04. The van der Waals surface area contributed by atoms with Crippen LogP contribution in [0.25, 0.3) is 0 Å². The monoisotopic (exact) mass is 221 g/mol. The number of carbonyl (C=O) groups excluding carboxylic acids is 1. The molecule has 1 amide bonds. The molecular weight excluding hydrogens is 206 g/mol.